The maximum absolute atomic E-state index is 6.01. The second-order valence-corrected chi connectivity index (χ2v) is 8.15. The highest BCUT2D eigenvalue weighted by Crippen LogP contribution is 2.29. The average Bonchev–Trinajstić information content (AvgIpc) is 2.72. The van der Waals surface area contributed by atoms with E-state index >= 15 is 0 Å². The van der Waals surface area contributed by atoms with Crippen LogP contribution in [0.25, 0.3) is 0 Å². The molecule has 3 aromatic rings. The van der Waals surface area contributed by atoms with Gasteiger partial charge >= 0.3 is 0 Å². The summed E-state index contributed by atoms with van der Waals surface area (Å²) in [6.45, 7) is 7.22. The van der Waals surface area contributed by atoms with E-state index in [1.807, 2.05) is 26.0 Å². The third-order valence-electron chi connectivity index (χ3n) is 5.11. The zero-order chi connectivity index (χ0) is 20.6. The molecule has 2 atom stereocenters. The van der Waals surface area contributed by atoms with E-state index in [1.165, 1.54) is 16.7 Å². The summed E-state index contributed by atoms with van der Waals surface area (Å²) in [4.78, 5) is 0. The Morgan fingerprint density at radius 1 is 0.759 bits per heavy atom. The molecule has 0 saturated heterocycles. The molecule has 0 unspecified atom stereocenters. The highest BCUT2D eigenvalue weighted by atomic mass is 35.5. The minimum Gasteiger partial charge on any atom is -0.491 e. The molecule has 0 aliphatic heterocycles. The van der Waals surface area contributed by atoms with Crippen molar-refractivity contribution in [2.75, 3.05) is 6.54 Å². The van der Waals surface area contributed by atoms with Crippen molar-refractivity contribution < 1.29 is 4.74 Å². The largest absolute Gasteiger partial charge is 0.491 e. The van der Waals surface area contributed by atoms with Crippen LogP contribution < -0.4 is 10.1 Å². The quantitative estimate of drug-likeness (QED) is 0.412. The van der Waals surface area contributed by atoms with Crippen molar-refractivity contribution in [3.63, 3.8) is 0 Å². The molecular weight excluding hydrogens is 378 g/mol. The van der Waals surface area contributed by atoms with E-state index in [-0.39, 0.29) is 12.1 Å². The van der Waals surface area contributed by atoms with Gasteiger partial charge in [0.25, 0.3) is 0 Å². The van der Waals surface area contributed by atoms with Crippen LogP contribution in [0.3, 0.4) is 0 Å². The van der Waals surface area contributed by atoms with Gasteiger partial charge in [-0.1, -0.05) is 66.2 Å². The molecule has 29 heavy (non-hydrogen) atoms. The normalized spacial score (nSPS) is 13.3. The van der Waals surface area contributed by atoms with Gasteiger partial charge in [0.15, 0.2) is 0 Å². The summed E-state index contributed by atoms with van der Waals surface area (Å²) < 4.78 is 5.80. The first-order chi connectivity index (χ1) is 14.0. The first-order valence-corrected chi connectivity index (χ1v) is 10.7. The third-order valence-corrected chi connectivity index (χ3v) is 5.36. The fourth-order valence-electron chi connectivity index (χ4n) is 3.58. The molecule has 0 bridgehead atoms. The van der Waals surface area contributed by atoms with Gasteiger partial charge in [-0.05, 0) is 74.7 Å². The Labute approximate surface area is 179 Å². The van der Waals surface area contributed by atoms with Crippen LogP contribution in [-0.2, 0) is 0 Å². The Bertz CT molecular complexity index is 859. The minimum absolute atomic E-state index is 0.185. The van der Waals surface area contributed by atoms with Crippen LogP contribution >= 0.6 is 11.6 Å². The SMILES string of the molecule is CC(C)Oc1ccc([C@@H](CCN[C@@H](C)c2ccc(Cl)cc2)c2ccccc2)cc1. The third kappa shape index (κ3) is 6.35. The maximum atomic E-state index is 6.01. The molecule has 0 spiro atoms. The van der Waals surface area contributed by atoms with Gasteiger partial charge in [0, 0.05) is 17.0 Å². The molecule has 152 valence electrons. The molecule has 0 radical (unpaired) electrons. The smallest absolute Gasteiger partial charge is 0.119 e. The Hall–Kier alpha value is -2.29. The molecule has 0 aliphatic carbocycles. The van der Waals surface area contributed by atoms with Crippen molar-refractivity contribution in [1.82, 2.24) is 5.32 Å². The number of benzene rings is 3. The van der Waals surface area contributed by atoms with Gasteiger partial charge in [-0.15, -0.1) is 0 Å². The molecule has 0 saturated carbocycles. The monoisotopic (exact) mass is 407 g/mol. The molecule has 3 aromatic carbocycles. The van der Waals surface area contributed by atoms with Crippen LogP contribution in [0.2, 0.25) is 5.02 Å². The van der Waals surface area contributed by atoms with E-state index in [9.17, 15) is 0 Å². The molecule has 3 rings (SSSR count). The van der Waals surface area contributed by atoms with Gasteiger partial charge in [0.2, 0.25) is 0 Å². The lowest BCUT2D eigenvalue weighted by Gasteiger charge is -2.21. The number of ether oxygens (including phenoxy) is 1. The lowest BCUT2D eigenvalue weighted by molar-refractivity contribution is 0.242. The van der Waals surface area contributed by atoms with E-state index < -0.39 is 0 Å². The van der Waals surface area contributed by atoms with E-state index in [4.69, 9.17) is 16.3 Å². The molecule has 0 heterocycles. The molecule has 0 aromatic heterocycles. The highest BCUT2D eigenvalue weighted by Gasteiger charge is 2.15. The van der Waals surface area contributed by atoms with E-state index in [0.29, 0.717) is 5.92 Å². The molecule has 0 aliphatic rings. The summed E-state index contributed by atoms with van der Waals surface area (Å²) in [6.07, 6.45) is 1.20. The predicted octanol–water partition coefficient (Wildman–Crippen LogP) is 7.00. The van der Waals surface area contributed by atoms with Crippen molar-refractivity contribution in [1.29, 1.82) is 0 Å². The van der Waals surface area contributed by atoms with Crippen molar-refractivity contribution >= 4 is 11.6 Å². The number of nitrogens with one attached hydrogen (secondary N) is 1. The Morgan fingerprint density at radius 3 is 1.97 bits per heavy atom. The Kier molecular flexibility index (Phi) is 7.74. The second kappa shape index (κ2) is 10.5. The average molecular weight is 408 g/mol. The summed E-state index contributed by atoms with van der Waals surface area (Å²) in [7, 11) is 0. The zero-order valence-corrected chi connectivity index (χ0v) is 18.2. The molecular formula is C26H30ClNO. The standard InChI is InChI=1S/C26H30ClNO/c1-19(2)29-25-15-11-23(12-16-25)26(22-7-5-4-6-8-22)17-18-28-20(3)21-9-13-24(27)14-10-21/h4-16,19-20,26,28H,17-18H2,1-3H3/t20-,26-/m0/s1. The van der Waals surface area contributed by atoms with Crippen molar-refractivity contribution in [2.45, 2.75) is 45.3 Å². The molecule has 2 nitrogen and oxygen atoms in total. The van der Waals surface area contributed by atoms with Crippen LogP contribution in [0.15, 0.2) is 78.9 Å². The lowest BCUT2D eigenvalue weighted by atomic mass is 9.88. The molecule has 3 heteroatoms. The van der Waals surface area contributed by atoms with Crippen LogP contribution in [0.1, 0.15) is 55.8 Å². The van der Waals surface area contributed by atoms with E-state index in [1.54, 1.807) is 0 Å². The predicted molar refractivity (Wildman–Crippen MR) is 123 cm³/mol. The summed E-state index contributed by atoms with van der Waals surface area (Å²) in [5.41, 5.74) is 3.90. The summed E-state index contributed by atoms with van der Waals surface area (Å²) in [5.74, 6) is 1.26. The van der Waals surface area contributed by atoms with Crippen LogP contribution in [0.4, 0.5) is 0 Å². The van der Waals surface area contributed by atoms with E-state index in [2.05, 4.69) is 79.0 Å². The van der Waals surface area contributed by atoms with Crippen LogP contribution in [0, 0.1) is 0 Å². The fourth-order valence-corrected chi connectivity index (χ4v) is 3.70. The van der Waals surface area contributed by atoms with Gasteiger partial charge < -0.3 is 10.1 Å². The topological polar surface area (TPSA) is 21.3 Å². The highest BCUT2D eigenvalue weighted by molar-refractivity contribution is 6.30. The first kappa shape index (κ1) is 21.4. The summed E-state index contributed by atoms with van der Waals surface area (Å²) in [6, 6.07) is 27.6. The molecule has 0 fully saturated rings. The number of halogens is 1. The van der Waals surface area contributed by atoms with Crippen molar-refractivity contribution in [2.24, 2.45) is 0 Å². The molecule has 1 N–H and O–H groups in total. The number of hydrogen-bond acceptors (Lipinski definition) is 2. The summed E-state index contributed by atoms with van der Waals surface area (Å²) in [5, 5.41) is 4.43. The molecule has 0 amide bonds. The maximum Gasteiger partial charge on any atom is 0.119 e. The van der Waals surface area contributed by atoms with Gasteiger partial charge in [-0.2, -0.15) is 0 Å². The minimum atomic E-state index is 0.185. The van der Waals surface area contributed by atoms with Gasteiger partial charge in [0.1, 0.15) is 5.75 Å². The van der Waals surface area contributed by atoms with Gasteiger partial charge in [-0.3, -0.25) is 0 Å². The second-order valence-electron chi connectivity index (χ2n) is 7.71. The summed E-state index contributed by atoms with van der Waals surface area (Å²) >= 11 is 6.01. The fraction of sp³-hybridized carbons (Fsp3) is 0.308. The van der Waals surface area contributed by atoms with Crippen molar-refractivity contribution in [3.8, 4) is 5.75 Å². The van der Waals surface area contributed by atoms with Gasteiger partial charge in [0.05, 0.1) is 6.10 Å². The van der Waals surface area contributed by atoms with E-state index in [0.717, 1.165) is 23.7 Å². The van der Waals surface area contributed by atoms with Crippen LogP contribution in [0.5, 0.6) is 5.75 Å². The first-order valence-electron chi connectivity index (χ1n) is 10.3. The zero-order valence-electron chi connectivity index (χ0n) is 17.4. The Balaban J connectivity index is 1.68. The lowest BCUT2D eigenvalue weighted by Crippen LogP contribution is -2.21. The van der Waals surface area contributed by atoms with Crippen molar-refractivity contribution in [3.05, 3.63) is 101 Å². The number of rotatable bonds is 9. The number of hydrogen-bond donors (Lipinski definition) is 1. The van der Waals surface area contributed by atoms with Gasteiger partial charge in [-0.25, -0.2) is 0 Å². The van der Waals surface area contributed by atoms with Crippen LogP contribution in [-0.4, -0.2) is 12.6 Å². The Morgan fingerprint density at radius 2 is 1.34 bits per heavy atom.